The quantitative estimate of drug-likeness (QED) is 0.537. The Hall–Kier alpha value is -0.550. The summed E-state index contributed by atoms with van der Waals surface area (Å²) in [6.45, 7) is 2.05. The highest BCUT2D eigenvalue weighted by Crippen LogP contribution is 2.54. The normalized spacial score (nSPS) is 44.9. The molecule has 2 aliphatic rings. The molecule has 1 saturated heterocycles. The molecule has 1 heterocycles. The van der Waals surface area contributed by atoms with E-state index >= 15 is 0 Å². The zero-order valence-electron chi connectivity index (χ0n) is 6.06. The predicted molar refractivity (Wildman–Crippen MR) is 38.3 cm³/mol. The van der Waals surface area contributed by atoms with Crippen molar-refractivity contribution in [2.45, 2.75) is 19.3 Å². The van der Waals surface area contributed by atoms with E-state index in [4.69, 9.17) is 5.26 Å². The van der Waals surface area contributed by atoms with Crippen LogP contribution in [0.25, 0.3) is 0 Å². The molecule has 0 bridgehead atoms. The fraction of sp³-hybridized carbons (Fsp3) is 0.875. The minimum atomic E-state index is 0.0660. The van der Waals surface area contributed by atoms with E-state index in [9.17, 15) is 0 Å². The van der Waals surface area contributed by atoms with Crippen LogP contribution in [0.2, 0.25) is 0 Å². The summed E-state index contributed by atoms with van der Waals surface area (Å²) in [5.41, 5.74) is 0.0660. The van der Waals surface area contributed by atoms with Gasteiger partial charge in [0.05, 0.1) is 11.5 Å². The van der Waals surface area contributed by atoms with Crippen LogP contribution in [0.1, 0.15) is 19.3 Å². The van der Waals surface area contributed by atoms with Crippen molar-refractivity contribution in [1.29, 1.82) is 5.26 Å². The SMILES string of the molecule is N#CC12CNCCCC1C2. The van der Waals surface area contributed by atoms with Crippen molar-refractivity contribution >= 4 is 0 Å². The molecule has 0 radical (unpaired) electrons. The van der Waals surface area contributed by atoms with Gasteiger partial charge in [-0.05, 0) is 31.7 Å². The third-order valence-corrected chi connectivity index (χ3v) is 2.80. The summed E-state index contributed by atoms with van der Waals surface area (Å²) in [6.07, 6.45) is 3.67. The Labute approximate surface area is 61.2 Å². The maximum absolute atomic E-state index is 8.83. The van der Waals surface area contributed by atoms with Gasteiger partial charge in [0.15, 0.2) is 0 Å². The molecule has 1 N–H and O–H groups in total. The lowest BCUT2D eigenvalue weighted by molar-refractivity contribution is 0.560. The average molecular weight is 136 g/mol. The lowest BCUT2D eigenvalue weighted by Gasteiger charge is -2.03. The van der Waals surface area contributed by atoms with Crippen molar-refractivity contribution in [2.75, 3.05) is 13.1 Å². The van der Waals surface area contributed by atoms with Crippen LogP contribution in [-0.2, 0) is 0 Å². The fourth-order valence-corrected chi connectivity index (χ4v) is 1.94. The first-order valence-corrected chi connectivity index (χ1v) is 3.99. The zero-order chi connectivity index (χ0) is 7.03. The summed E-state index contributed by atoms with van der Waals surface area (Å²) in [5, 5.41) is 12.1. The molecule has 2 rings (SSSR count). The third kappa shape index (κ3) is 0.741. The molecule has 2 unspecified atom stereocenters. The Kier molecular flexibility index (Phi) is 1.21. The molecule has 10 heavy (non-hydrogen) atoms. The second kappa shape index (κ2) is 1.96. The van der Waals surface area contributed by atoms with Crippen molar-refractivity contribution in [2.24, 2.45) is 11.3 Å². The van der Waals surface area contributed by atoms with E-state index < -0.39 is 0 Å². The monoisotopic (exact) mass is 136 g/mol. The number of nitriles is 1. The molecule has 54 valence electrons. The number of rotatable bonds is 0. The molecule has 1 saturated carbocycles. The second-order valence-electron chi connectivity index (χ2n) is 3.49. The molecule has 0 aromatic rings. The van der Waals surface area contributed by atoms with Gasteiger partial charge in [-0.3, -0.25) is 0 Å². The Morgan fingerprint density at radius 2 is 2.50 bits per heavy atom. The van der Waals surface area contributed by atoms with Gasteiger partial charge in [-0.15, -0.1) is 0 Å². The molecule has 2 nitrogen and oxygen atoms in total. The first-order chi connectivity index (χ1) is 4.87. The van der Waals surface area contributed by atoms with E-state index in [1.807, 2.05) is 0 Å². The largest absolute Gasteiger partial charge is 0.315 e. The van der Waals surface area contributed by atoms with E-state index in [0.29, 0.717) is 0 Å². The number of fused-ring (bicyclic) bond motifs is 1. The van der Waals surface area contributed by atoms with Crippen molar-refractivity contribution < 1.29 is 0 Å². The van der Waals surface area contributed by atoms with Crippen LogP contribution < -0.4 is 5.32 Å². The van der Waals surface area contributed by atoms with E-state index in [0.717, 1.165) is 25.4 Å². The van der Waals surface area contributed by atoms with E-state index in [2.05, 4.69) is 11.4 Å². The van der Waals surface area contributed by atoms with Crippen LogP contribution in [0.3, 0.4) is 0 Å². The number of nitrogens with one attached hydrogen (secondary N) is 1. The first-order valence-electron chi connectivity index (χ1n) is 3.99. The van der Waals surface area contributed by atoms with Crippen molar-refractivity contribution in [3.8, 4) is 6.07 Å². The molecule has 2 fully saturated rings. The van der Waals surface area contributed by atoms with Crippen LogP contribution in [0.4, 0.5) is 0 Å². The summed E-state index contributed by atoms with van der Waals surface area (Å²) in [6, 6.07) is 2.43. The van der Waals surface area contributed by atoms with Gasteiger partial charge in [0.25, 0.3) is 0 Å². The maximum atomic E-state index is 8.83. The topological polar surface area (TPSA) is 35.8 Å². The average Bonchev–Trinajstić information content (AvgIpc) is 2.59. The number of hydrogen-bond donors (Lipinski definition) is 1. The number of nitrogens with zero attached hydrogens (tertiary/aromatic N) is 1. The molecule has 0 aromatic carbocycles. The van der Waals surface area contributed by atoms with Gasteiger partial charge in [0.1, 0.15) is 0 Å². The van der Waals surface area contributed by atoms with Crippen LogP contribution in [0.15, 0.2) is 0 Å². The van der Waals surface area contributed by atoms with E-state index in [1.165, 1.54) is 12.8 Å². The summed E-state index contributed by atoms with van der Waals surface area (Å²) in [5.74, 6) is 0.729. The van der Waals surface area contributed by atoms with E-state index in [-0.39, 0.29) is 5.41 Å². The fourth-order valence-electron chi connectivity index (χ4n) is 1.94. The van der Waals surface area contributed by atoms with Crippen LogP contribution in [0.5, 0.6) is 0 Å². The van der Waals surface area contributed by atoms with Crippen molar-refractivity contribution in [3.63, 3.8) is 0 Å². The summed E-state index contributed by atoms with van der Waals surface area (Å²) in [4.78, 5) is 0. The lowest BCUT2D eigenvalue weighted by Crippen LogP contribution is -2.22. The Morgan fingerprint density at radius 1 is 1.60 bits per heavy atom. The highest BCUT2D eigenvalue weighted by atomic mass is 14.9. The highest BCUT2D eigenvalue weighted by Gasteiger charge is 2.54. The van der Waals surface area contributed by atoms with Gasteiger partial charge in [-0.2, -0.15) is 5.26 Å². The summed E-state index contributed by atoms with van der Waals surface area (Å²) < 4.78 is 0. The van der Waals surface area contributed by atoms with Crippen LogP contribution in [0, 0.1) is 22.7 Å². The lowest BCUT2D eigenvalue weighted by atomic mass is 10.1. The maximum Gasteiger partial charge on any atom is 0.0730 e. The molecule has 2 heteroatoms. The van der Waals surface area contributed by atoms with Crippen molar-refractivity contribution in [1.82, 2.24) is 5.32 Å². The molecular weight excluding hydrogens is 124 g/mol. The minimum absolute atomic E-state index is 0.0660. The van der Waals surface area contributed by atoms with E-state index in [1.54, 1.807) is 0 Å². The molecule has 1 aliphatic carbocycles. The Balaban J connectivity index is 2.08. The van der Waals surface area contributed by atoms with Gasteiger partial charge in [0, 0.05) is 6.54 Å². The second-order valence-corrected chi connectivity index (χ2v) is 3.49. The smallest absolute Gasteiger partial charge is 0.0730 e. The standard InChI is InChI=1S/C8H12N2/c9-5-8-4-7(8)2-1-3-10-6-8/h7,10H,1-4,6H2. The van der Waals surface area contributed by atoms with Gasteiger partial charge >= 0.3 is 0 Å². The van der Waals surface area contributed by atoms with Crippen LogP contribution in [-0.4, -0.2) is 13.1 Å². The Morgan fingerprint density at radius 3 is 3.30 bits per heavy atom. The summed E-state index contributed by atoms with van der Waals surface area (Å²) in [7, 11) is 0. The molecule has 2 atom stereocenters. The molecule has 0 aromatic heterocycles. The first kappa shape index (κ1) is 6.18. The zero-order valence-corrected chi connectivity index (χ0v) is 6.06. The third-order valence-electron chi connectivity index (χ3n) is 2.80. The Bertz CT molecular complexity index is 182. The van der Waals surface area contributed by atoms with Gasteiger partial charge < -0.3 is 5.32 Å². The molecule has 1 aliphatic heterocycles. The van der Waals surface area contributed by atoms with Gasteiger partial charge in [0.2, 0.25) is 0 Å². The predicted octanol–water partition coefficient (Wildman–Crippen LogP) is 0.900. The minimum Gasteiger partial charge on any atom is -0.315 e. The van der Waals surface area contributed by atoms with Crippen molar-refractivity contribution in [3.05, 3.63) is 0 Å². The van der Waals surface area contributed by atoms with Crippen LogP contribution >= 0.6 is 0 Å². The van der Waals surface area contributed by atoms with Gasteiger partial charge in [-0.1, -0.05) is 0 Å². The molecule has 0 spiro atoms. The van der Waals surface area contributed by atoms with Gasteiger partial charge in [-0.25, -0.2) is 0 Å². The molecule has 0 amide bonds. The molecular formula is C8H12N2. The number of hydrogen-bond acceptors (Lipinski definition) is 2. The summed E-state index contributed by atoms with van der Waals surface area (Å²) >= 11 is 0. The highest BCUT2D eigenvalue weighted by molar-refractivity contribution is 5.17.